The molecule has 10 aromatic carbocycles. The van der Waals surface area contributed by atoms with Crippen molar-refractivity contribution in [3.63, 3.8) is 0 Å². The molecule has 1 aliphatic heterocycles. The second-order valence-electron chi connectivity index (χ2n) is 16.6. The predicted octanol–water partition coefficient (Wildman–Crippen LogP) is 15.1. The molecule has 0 saturated heterocycles. The zero-order chi connectivity index (χ0) is 42.1. The van der Waals surface area contributed by atoms with Crippen LogP contribution in [0.1, 0.15) is 29.0 Å². The maximum atomic E-state index is 6.70. The molecular weight excluding hydrogens is 783 g/mol. The van der Waals surface area contributed by atoms with Gasteiger partial charge in [-0.25, -0.2) is 4.99 Å². The van der Waals surface area contributed by atoms with Crippen LogP contribution in [0.3, 0.4) is 0 Å². The monoisotopic (exact) mass is 821 g/mol. The van der Waals surface area contributed by atoms with E-state index in [1.54, 1.807) is 0 Å². The number of furan rings is 2. The second kappa shape index (κ2) is 14.7. The van der Waals surface area contributed by atoms with Crippen LogP contribution in [-0.4, -0.2) is 5.84 Å². The third kappa shape index (κ3) is 5.86. The minimum atomic E-state index is -0.382. The summed E-state index contributed by atoms with van der Waals surface area (Å²) in [7, 11) is 0. The van der Waals surface area contributed by atoms with Crippen LogP contribution < -0.4 is 10.6 Å². The van der Waals surface area contributed by atoms with Gasteiger partial charge in [0, 0.05) is 38.2 Å². The highest BCUT2D eigenvalue weighted by Gasteiger charge is 2.29. The van der Waals surface area contributed by atoms with Crippen molar-refractivity contribution >= 4 is 71.3 Å². The SMILES string of the molecule is c1ccc(-c2cccc3c2oc2cccc(-c4cccc5c(C6NC(c7ccc(-c8cccc9ccccc89)cc7)=NC(c7cccc8oc9ccccc9c78)N6)cccc45)c23)cc1. The first-order chi connectivity index (χ1) is 31.7. The zero-order valence-corrected chi connectivity index (χ0v) is 34.6. The van der Waals surface area contributed by atoms with Crippen molar-refractivity contribution in [1.29, 1.82) is 0 Å². The largest absolute Gasteiger partial charge is 0.456 e. The molecule has 12 aromatic rings. The lowest BCUT2D eigenvalue weighted by Gasteiger charge is -2.33. The Morgan fingerprint density at radius 2 is 0.938 bits per heavy atom. The number of amidine groups is 1. The number of nitrogens with zero attached hydrogens (tertiary/aromatic N) is 1. The third-order valence-corrected chi connectivity index (χ3v) is 13.0. The fourth-order valence-electron chi connectivity index (χ4n) is 10.1. The highest BCUT2D eigenvalue weighted by Crippen LogP contribution is 2.44. The topological polar surface area (TPSA) is 62.7 Å². The van der Waals surface area contributed by atoms with E-state index in [9.17, 15) is 0 Å². The van der Waals surface area contributed by atoms with Crippen molar-refractivity contribution in [2.75, 3.05) is 0 Å². The molecule has 2 atom stereocenters. The fourth-order valence-corrected chi connectivity index (χ4v) is 10.1. The first kappa shape index (κ1) is 36.4. The van der Waals surface area contributed by atoms with Crippen LogP contribution in [0.2, 0.25) is 0 Å². The van der Waals surface area contributed by atoms with Crippen molar-refractivity contribution in [3.05, 3.63) is 229 Å². The molecule has 2 unspecified atom stereocenters. The van der Waals surface area contributed by atoms with Gasteiger partial charge in [-0.2, -0.15) is 0 Å². The van der Waals surface area contributed by atoms with Crippen molar-refractivity contribution in [3.8, 4) is 33.4 Å². The minimum Gasteiger partial charge on any atom is -0.456 e. The van der Waals surface area contributed by atoms with Crippen LogP contribution in [-0.2, 0) is 0 Å². The lowest BCUT2D eigenvalue weighted by atomic mass is 9.91. The normalized spacial score (nSPS) is 15.3. The maximum absolute atomic E-state index is 6.70. The quantitative estimate of drug-likeness (QED) is 0.175. The molecule has 3 heterocycles. The van der Waals surface area contributed by atoms with Gasteiger partial charge in [0.1, 0.15) is 40.5 Å². The van der Waals surface area contributed by atoms with E-state index in [1.165, 1.54) is 16.3 Å². The summed E-state index contributed by atoms with van der Waals surface area (Å²) in [6.45, 7) is 0. The molecule has 0 fully saturated rings. The van der Waals surface area contributed by atoms with E-state index in [2.05, 4.69) is 199 Å². The second-order valence-corrected chi connectivity index (χ2v) is 16.6. The molecule has 0 aliphatic carbocycles. The Hall–Kier alpha value is -8.25. The van der Waals surface area contributed by atoms with Gasteiger partial charge in [-0.15, -0.1) is 0 Å². The van der Waals surface area contributed by atoms with E-state index >= 15 is 0 Å². The van der Waals surface area contributed by atoms with Gasteiger partial charge in [-0.1, -0.05) is 194 Å². The summed E-state index contributed by atoms with van der Waals surface area (Å²) in [6.07, 6.45) is -0.673. The van der Waals surface area contributed by atoms with Crippen LogP contribution in [0, 0.1) is 0 Å². The molecule has 302 valence electrons. The van der Waals surface area contributed by atoms with Crippen LogP contribution in [0.4, 0.5) is 0 Å². The number of aliphatic imine (C=N–C) groups is 1. The molecule has 1 aliphatic rings. The smallest absolute Gasteiger partial charge is 0.143 e. The first-order valence-corrected chi connectivity index (χ1v) is 21.8. The van der Waals surface area contributed by atoms with Gasteiger partial charge >= 0.3 is 0 Å². The standard InChI is InChI=1S/C59H39N3O2/c1-2-14-37(15-3-1)42-21-9-27-49-54-46(25-12-31-53(54)64-56(42)49)44-23-10-24-45-43(44)22-11-26-47(45)58-60-57(39-34-32-38(33-35-39)41-20-8-17-36-16-4-5-18-40(36)41)61-59(62-58)50-28-13-30-52-55(50)48-19-6-7-29-51(48)63-52/h1-35,58-59,62H,(H,60,61). The Kier molecular flexibility index (Phi) is 8.36. The van der Waals surface area contributed by atoms with Crippen LogP contribution >= 0.6 is 0 Å². The van der Waals surface area contributed by atoms with E-state index in [4.69, 9.17) is 13.8 Å². The molecule has 13 rings (SSSR count). The zero-order valence-electron chi connectivity index (χ0n) is 34.6. The van der Waals surface area contributed by atoms with Crippen LogP contribution in [0.25, 0.3) is 98.8 Å². The number of fused-ring (bicyclic) bond motifs is 8. The highest BCUT2D eigenvalue weighted by atomic mass is 16.3. The molecule has 5 nitrogen and oxygen atoms in total. The van der Waals surface area contributed by atoms with Gasteiger partial charge in [0.2, 0.25) is 0 Å². The van der Waals surface area contributed by atoms with Gasteiger partial charge in [-0.05, 0) is 73.1 Å². The summed E-state index contributed by atoms with van der Waals surface area (Å²) < 4.78 is 13.1. The number of nitrogens with one attached hydrogen (secondary N) is 2. The average molecular weight is 822 g/mol. The van der Waals surface area contributed by atoms with E-state index < -0.39 is 0 Å². The van der Waals surface area contributed by atoms with Gasteiger partial charge in [0.05, 0.1) is 0 Å². The molecule has 2 N–H and O–H groups in total. The molecule has 5 heteroatoms. The first-order valence-electron chi connectivity index (χ1n) is 21.8. The van der Waals surface area contributed by atoms with Gasteiger partial charge in [0.15, 0.2) is 0 Å². The summed E-state index contributed by atoms with van der Waals surface area (Å²) >= 11 is 0. The molecular formula is C59H39N3O2. The van der Waals surface area contributed by atoms with E-state index in [1.807, 2.05) is 24.3 Å². The molecule has 0 amide bonds. The van der Waals surface area contributed by atoms with Crippen LogP contribution in [0.5, 0.6) is 0 Å². The number of benzene rings is 10. The number of hydrogen-bond donors (Lipinski definition) is 2. The predicted molar refractivity (Wildman–Crippen MR) is 263 cm³/mol. The minimum absolute atomic E-state index is 0.290. The Morgan fingerprint density at radius 1 is 0.359 bits per heavy atom. The summed E-state index contributed by atoms with van der Waals surface area (Å²) in [5.41, 5.74) is 13.6. The lowest BCUT2D eigenvalue weighted by molar-refractivity contribution is 0.412. The molecule has 64 heavy (non-hydrogen) atoms. The van der Waals surface area contributed by atoms with Crippen LogP contribution in [0.15, 0.2) is 226 Å². The van der Waals surface area contributed by atoms with Crippen molar-refractivity contribution in [2.24, 2.45) is 4.99 Å². The fraction of sp³-hybridized carbons (Fsp3) is 0.0339. The van der Waals surface area contributed by atoms with Crippen molar-refractivity contribution in [2.45, 2.75) is 12.3 Å². The summed E-state index contributed by atoms with van der Waals surface area (Å²) in [5.74, 6) is 0.819. The molecule has 0 bridgehead atoms. The Balaban J connectivity index is 0.949. The Labute approximate surface area is 368 Å². The van der Waals surface area contributed by atoms with E-state index in [0.717, 1.165) is 105 Å². The summed E-state index contributed by atoms with van der Waals surface area (Å²) in [4.78, 5) is 5.46. The molecule has 0 radical (unpaired) electrons. The summed E-state index contributed by atoms with van der Waals surface area (Å²) in [6, 6.07) is 75.1. The Bertz CT molecular complexity index is 3800. The third-order valence-electron chi connectivity index (χ3n) is 13.0. The lowest BCUT2D eigenvalue weighted by Crippen LogP contribution is -2.45. The van der Waals surface area contributed by atoms with Gasteiger partial charge in [0.25, 0.3) is 0 Å². The number of rotatable bonds is 6. The number of para-hydroxylation sites is 2. The van der Waals surface area contributed by atoms with Crippen molar-refractivity contribution in [1.82, 2.24) is 10.6 Å². The number of hydrogen-bond acceptors (Lipinski definition) is 5. The highest BCUT2D eigenvalue weighted by molar-refractivity contribution is 6.18. The van der Waals surface area contributed by atoms with E-state index in [-0.39, 0.29) is 12.3 Å². The van der Waals surface area contributed by atoms with Gasteiger partial charge in [-0.3, -0.25) is 5.32 Å². The Morgan fingerprint density at radius 3 is 1.83 bits per heavy atom. The molecule has 0 saturated carbocycles. The van der Waals surface area contributed by atoms with Crippen molar-refractivity contribution < 1.29 is 8.83 Å². The van der Waals surface area contributed by atoms with Gasteiger partial charge < -0.3 is 14.2 Å². The van der Waals surface area contributed by atoms with E-state index in [0.29, 0.717) is 0 Å². The molecule has 0 spiro atoms. The maximum Gasteiger partial charge on any atom is 0.143 e. The molecule has 2 aromatic heterocycles. The average Bonchev–Trinajstić information content (AvgIpc) is 3.95. The summed E-state index contributed by atoms with van der Waals surface area (Å²) in [5, 5.41) is 17.0.